The van der Waals surface area contributed by atoms with Gasteiger partial charge in [0.15, 0.2) is 0 Å². The van der Waals surface area contributed by atoms with Crippen molar-refractivity contribution in [1.29, 1.82) is 0 Å². The Kier molecular flexibility index (Phi) is 5.31. The van der Waals surface area contributed by atoms with Gasteiger partial charge in [0, 0.05) is 25.1 Å². The topological polar surface area (TPSA) is 69.5 Å². The molecule has 0 spiro atoms. The Balaban J connectivity index is 2.26. The smallest absolute Gasteiger partial charge is 0.131 e. The number of hydrogen-bond acceptors (Lipinski definition) is 5. The van der Waals surface area contributed by atoms with E-state index < -0.39 is 0 Å². The van der Waals surface area contributed by atoms with E-state index in [0.717, 1.165) is 24.5 Å². The molecule has 0 saturated heterocycles. The molecule has 20 heavy (non-hydrogen) atoms. The summed E-state index contributed by atoms with van der Waals surface area (Å²) in [5.41, 5.74) is 1.63. The molecule has 1 saturated carbocycles. The molecule has 0 atom stereocenters. The molecular weight excluding hydrogens is 254 g/mol. The summed E-state index contributed by atoms with van der Waals surface area (Å²) in [6, 6.07) is 0.500. The van der Waals surface area contributed by atoms with Gasteiger partial charge in [0.2, 0.25) is 0 Å². The Bertz CT molecular complexity index is 433. The first kappa shape index (κ1) is 15.2. The van der Waals surface area contributed by atoms with Crippen molar-refractivity contribution < 1.29 is 10.2 Å². The highest BCUT2D eigenvalue weighted by atomic mass is 16.3. The Morgan fingerprint density at radius 2 is 2.10 bits per heavy atom. The second kappa shape index (κ2) is 6.99. The quantitative estimate of drug-likeness (QED) is 0.797. The van der Waals surface area contributed by atoms with E-state index in [-0.39, 0.29) is 19.1 Å². The maximum Gasteiger partial charge on any atom is 0.131 e. The van der Waals surface area contributed by atoms with Gasteiger partial charge in [-0.15, -0.1) is 0 Å². The normalized spacial score (nSPS) is 15.4. The molecule has 0 bridgehead atoms. The average Bonchev–Trinajstić information content (AvgIpc) is 2.40. The van der Waals surface area contributed by atoms with Gasteiger partial charge in [-0.25, -0.2) is 9.97 Å². The molecule has 1 aliphatic carbocycles. The maximum atomic E-state index is 9.61. The molecule has 2 rings (SSSR count). The Morgan fingerprint density at radius 1 is 1.35 bits per heavy atom. The van der Waals surface area contributed by atoms with Crippen LogP contribution in [0.2, 0.25) is 0 Å². The number of aliphatic hydroxyl groups is 2. The minimum absolute atomic E-state index is 0.0695. The molecule has 1 fully saturated rings. The molecule has 1 aromatic heterocycles. The van der Waals surface area contributed by atoms with Crippen molar-refractivity contribution in [3.63, 3.8) is 0 Å². The molecule has 5 heteroatoms. The highest BCUT2D eigenvalue weighted by Crippen LogP contribution is 2.31. The fourth-order valence-corrected chi connectivity index (χ4v) is 2.50. The second-order valence-electron chi connectivity index (χ2n) is 5.73. The number of aromatic nitrogens is 2. The van der Waals surface area contributed by atoms with Crippen LogP contribution in [0.5, 0.6) is 0 Å². The molecule has 0 aromatic carbocycles. The van der Waals surface area contributed by atoms with Crippen molar-refractivity contribution in [3.05, 3.63) is 17.7 Å². The SMILES string of the molecule is CC(C)c1ncc(N(CCCO)C2CCC2)c(CO)n1. The van der Waals surface area contributed by atoms with Crippen LogP contribution >= 0.6 is 0 Å². The molecule has 0 amide bonds. The minimum atomic E-state index is -0.0695. The molecule has 1 aliphatic rings. The predicted octanol–water partition coefficient (Wildman–Crippen LogP) is 1.83. The van der Waals surface area contributed by atoms with Crippen molar-refractivity contribution in [2.75, 3.05) is 18.1 Å². The Hall–Kier alpha value is -1.20. The molecule has 112 valence electrons. The highest BCUT2D eigenvalue weighted by Gasteiger charge is 2.27. The summed E-state index contributed by atoms with van der Waals surface area (Å²) in [6.45, 7) is 5.00. The maximum absolute atomic E-state index is 9.61. The number of rotatable bonds is 7. The van der Waals surface area contributed by atoms with E-state index in [1.807, 2.05) is 20.0 Å². The Morgan fingerprint density at radius 3 is 2.60 bits per heavy atom. The van der Waals surface area contributed by atoms with Gasteiger partial charge in [-0.2, -0.15) is 0 Å². The molecule has 5 nitrogen and oxygen atoms in total. The second-order valence-corrected chi connectivity index (χ2v) is 5.73. The fourth-order valence-electron chi connectivity index (χ4n) is 2.50. The number of anilines is 1. The lowest BCUT2D eigenvalue weighted by Gasteiger charge is -2.39. The number of nitrogens with zero attached hydrogens (tertiary/aromatic N) is 3. The van der Waals surface area contributed by atoms with Gasteiger partial charge in [0.25, 0.3) is 0 Å². The van der Waals surface area contributed by atoms with Crippen molar-refractivity contribution in [1.82, 2.24) is 9.97 Å². The van der Waals surface area contributed by atoms with Gasteiger partial charge < -0.3 is 15.1 Å². The van der Waals surface area contributed by atoms with Crippen molar-refractivity contribution in [2.24, 2.45) is 0 Å². The van der Waals surface area contributed by atoms with E-state index in [4.69, 9.17) is 5.11 Å². The fraction of sp³-hybridized carbons (Fsp3) is 0.733. The van der Waals surface area contributed by atoms with Crippen LogP contribution < -0.4 is 4.90 Å². The molecule has 1 aromatic rings. The summed E-state index contributed by atoms with van der Waals surface area (Å²) in [5, 5.41) is 18.7. The van der Waals surface area contributed by atoms with E-state index in [1.54, 1.807) is 0 Å². The van der Waals surface area contributed by atoms with E-state index in [0.29, 0.717) is 11.7 Å². The number of aliphatic hydroxyl groups excluding tert-OH is 2. The molecule has 0 aliphatic heterocycles. The highest BCUT2D eigenvalue weighted by molar-refractivity contribution is 5.50. The van der Waals surface area contributed by atoms with Gasteiger partial charge in [-0.1, -0.05) is 13.8 Å². The third-order valence-electron chi connectivity index (χ3n) is 3.91. The molecule has 1 heterocycles. The van der Waals surface area contributed by atoms with Crippen LogP contribution in [0.4, 0.5) is 5.69 Å². The van der Waals surface area contributed by atoms with Crippen LogP contribution in [0.1, 0.15) is 57.0 Å². The lowest BCUT2D eigenvalue weighted by Crippen LogP contribution is -2.42. The van der Waals surface area contributed by atoms with Crippen LogP contribution in [0.25, 0.3) is 0 Å². The lowest BCUT2D eigenvalue weighted by atomic mass is 9.91. The van der Waals surface area contributed by atoms with E-state index in [2.05, 4.69) is 14.9 Å². The molecule has 0 unspecified atom stereocenters. The van der Waals surface area contributed by atoms with Crippen molar-refractivity contribution in [3.8, 4) is 0 Å². The van der Waals surface area contributed by atoms with E-state index in [9.17, 15) is 5.11 Å². The molecule has 0 radical (unpaired) electrons. The van der Waals surface area contributed by atoms with Gasteiger partial charge in [-0.3, -0.25) is 0 Å². The van der Waals surface area contributed by atoms with E-state index >= 15 is 0 Å². The van der Waals surface area contributed by atoms with Crippen LogP contribution in [0.3, 0.4) is 0 Å². The van der Waals surface area contributed by atoms with Crippen LogP contribution in [0.15, 0.2) is 6.20 Å². The monoisotopic (exact) mass is 279 g/mol. The van der Waals surface area contributed by atoms with Crippen molar-refractivity contribution in [2.45, 2.75) is 58.1 Å². The first-order chi connectivity index (χ1) is 9.67. The summed E-state index contributed by atoms with van der Waals surface area (Å²) in [5.74, 6) is 1.03. The summed E-state index contributed by atoms with van der Waals surface area (Å²) in [6.07, 6.45) is 6.15. The Labute approximate surface area is 120 Å². The largest absolute Gasteiger partial charge is 0.396 e. The van der Waals surface area contributed by atoms with Gasteiger partial charge in [-0.05, 0) is 25.7 Å². The van der Waals surface area contributed by atoms with Gasteiger partial charge in [0.05, 0.1) is 24.2 Å². The third kappa shape index (κ3) is 3.27. The lowest BCUT2D eigenvalue weighted by molar-refractivity contribution is 0.272. The predicted molar refractivity (Wildman–Crippen MR) is 78.7 cm³/mol. The number of hydrogen-bond donors (Lipinski definition) is 2. The van der Waals surface area contributed by atoms with Gasteiger partial charge in [0.1, 0.15) is 5.82 Å². The third-order valence-corrected chi connectivity index (χ3v) is 3.91. The van der Waals surface area contributed by atoms with Crippen molar-refractivity contribution >= 4 is 5.69 Å². The van der Waals surface area contributed by atoms with E-state index in [1.165, 1.54) is 19.3 Å². The first-order valence-electron chi connectivity index (χ1n) is 7.51. The molecule has 2 N–H and O–H groups in total. The molecular formula is C15H25N3O2. The zero-order valence-corrected chi connectivity index (χ0v) is 12.4. The summed E-state index contributed by atoms with van der Waals surface area (Å²) in [7, 11) is 0. The summed E-state index contributed by atoms with van der Waals surface area (Å²) >= 11 is 0. The zero-order valence-electron chi connectivity index (χ0n) is 12.4. The minimum Gasteiger partial charge on any atom is -0.396 e. The average molecular weight is 279 g/mol. The first-order valence-corrected chi connectivity index (χ1v) is 7.51. The zero-order chi connectivity index (χ0) is 14.5. The van der Waals surface area contributed by atoms with Crippen LogP contribution in [-0.2, 0) is 6.61 Å². The van der Waals surface area contributed by atoms with Gasteiger partial charge >= 0.3 is 0 Å². The summed E-state index contributed by atoms with van der Waals surface area (Å²) in [4.78, 5) is 11.2. The standard InChI is InChI=1S/C15H25N3O2/c1-11(2)15-16-9-14(13(10-20)17-15)18(7-4-8-19)12-5-3-6-12/h9,11-12,19-20H,3-8,10H2,1-2H3. The van der Waals surface area contributed by atoms with Crippen LogP contribution in [0, 0.1) is 0 Å². The summed E-state index contributed by atoms with van der Waals surface area (Å²) < 4.78 is 0. The van der Waals surface area contributed by atoms with Crippen LogP contribution in [-0.4, -0.2) is 39.4 Å².